The van der Waals surface area contributed by atoms with Crippen molar-refractivity contribution in [3.8, 4) is 0 Å². The van der Waals surface area contributed by atoms with E-state index in [-0.39, 0.29) is 0 Å². The first-order valence-electron chi connectivity index (χ1n) is 5.09. The number of pyridine rings is 1. The summed E-state index contributed by atoms with van der Waals surface area (Å²) in [7, 11) is 1.96. The first kappa shape index (κ1) is 9.09. The second kappa shape index (κ2) is 3.17. The number of hydrogen-bond acceptors (Lipinski definition) is 2. The van der Waals surface area contributed by atoms with Gasteiger partial charge in [0.15, 0.2) is 0 Å². The first-order valence-corrected chi connectivity index (χ1v) is 5.09. The Labute approximate surface area is 92.3 Å². The van der Waals surface area contributed by atoms with Crippen molar-refractivity contribution in [1.82, 2.24) is 9.55 Å². The molecule has 3 nitrogen and oxygen atoms in total. The zero-order valence-corrected chi connectivity index (χ0v) is 8.84. The number of fused-ring (bicyclic) bond motifs is 3. The molecule has 0 atom stereocenters. The zero-order valence-electron chi connectivity index (χ0n) is 8.84. The number of carbonyl (C=O) groups excluding carboxylic acids is 1. The van der Waals surface area contributed by atoms with E-state index in [0.717, 1.165) is 28.2 Å². The lowest BCUT2D eigenvalue weighted by molar-refractivity contribution is 0.112. The van der Waals surface area contributed by atoms with Crippen LogP contribution in [0, 0.1) is 0 Å². The van der Waals surface area contributed by atoms with Crippen molar-refractivity contribution < 1.29 is 4.79 Å². The first-order chi connectivity index (χ1) is 7.81. The molecule has 0 saturated heterocycles. The van der Waals surface area contributed by atoms with Crippen LogP contribution in [0.25, 0.3) is 21.9 Å². The molecule has 3 aromatic rings. The monoisotopic (exact) mass is 210 g/mol. The molecule has 2 heterocycles. The van der Waals surface area contributed by atoms with Crippen LogP contribution < -0.4 is 0 Å². The zero-order chi connectivity index (χ0) is 11.1. The van der Waals surface area contributed by atoms with Crippen molar-refractivity contribution in [2.24, 2.45) is 7.05 Å². The lowest BCUT2D eigenvalue weighted by Gasteiger charge is -1.96. The van der Waals surface area contributed by atoms with E-state index in [1.54, 1.807) is 6.20 Å². The minimum absolute atomic E-state index is 0.693. The Morgan fingerprint density at radius 2 is 2.12 bits per heavy atom. The van der Waals surface area contributed by atoms with Crippen LogP contribution >= 0.6 is 0 Å². The molecule has 0 aliphatic rings. The molecule has 3 rings (SSSR count). The van der Waals surface area contributed by atoms with Gasteiger partial charge in [-0.15, -0.1) is 0 Å². The molecular weight excluding hydrogens is 200 g/mol. The molecule has 0 unspecified atom stereocenters. The highest BCUT2D eigenvalue weighted by Gasteiger charge is 2.08. The largest absolute Gasteiger partial charge is 0.328 e. The van der Waals surface area contributed by atoms with Crippen LogP contribution in [0.15, 0.2) is 36.5 Å². The molecule has 0 aliphatic carbocycles. The van der Waals surface area contributed by atoms with E-state index in [1.165, 1.54) is 0 Å². The molecule has 2 aromatic heterocycles. The van der Waals surface area contributed by atoms with Gasteiger partial charge in [-0.2, -0.15) is 0 Å². The van der Waals surface area contributed by atoms with E-state index < -0.39 is 0 Å². The Morgan fingerprint density at radius 1 is 1.25 bits per heavy atom. The van der Waals surface area contributed by atoms with Crippen LogP contribution in [0.2, 0.25) is 0 Å². The maximum atomic E-state index is 10.8. The number of carbonyl (C=O) groups is 1. The second-order valence-corrected chi connectivity index (χ2v) is 3.83. The molecule has 1 aromatic carbocycles. The van der Waals surface area contributed by atoms with Gasteiger partial charge in [0.1, 0.15) is 11.9 Å². The summed E-state index contributed by atoms with van der Waals surface area (Å²) in [6.07, 6.45) is 2.65. The molecule has 16 heavy (non-hydrogen) atoms. The fourth-order valence-electron chi connectivity index (χ4n) is 2.12. The summed E-state index contributed by atoms with van der Waals surface area (Å²) in [4.78, 5) is 15.1. The van der Waals surface area contributed by atoms with Crippen molar-refractivity contribution in [2.75, 3.05) is 0 Å². The summed E-state index contributed by atoms with van der Waals surface area (Å²) >= 11 is 0. The summed E-state index contributed by atoms with van der Waals surface area (Å²) in [6.45, 7) is 0. The van der Waals surface area contributed by atoms with Gasteiger partial charge < -0.3 is 4.57 Å². The molecule has 3 heteroatoms. The summed E-state index contributed by atoms with van der Waals surface area (Å²) < 4.78 is 2.01. The molecule has 0 bridgehead atoms. The van der Waals surface area contributed by atoms with Crippen molar-refractivity contribution in [2.45, 2.75) is 0 Å². The van der Waals surface area contributed by atoms with Crippen LogP contribution in [-0.4, -0.2) is 15.8 Å². The maximum Gasteiger partial charge on any atom is 0.150 e. The number of aldehydes is 1. The van der Waals surface area contributed by atoms with Gasteiger partial charge >= 0.3 is 0 Å². The Hall–Kier alpha value is -2.16. The van der Waals surface area contributed by atoms with Crippen molar-refractivity contribution >= 4 is 28.2 Å². The van der Waals surface area contributed by atoms with Crippen molar-refractivity contribution in [1.29, 1.82) is 0 Å². The number of rotatable bonds is 1. The summed E-state index contributed by atoms with van der Waals surface area (Å²) in [5, 5.41) is 2.26. The number of nitrogens with zero attached hydrogens (tertiary/aromatic N) is 2. The van der Waals surface area contributed by atoms with Crippen LogP contribution in [-0.2, 0) is 7.05 Å². The highest BCUT2D eigenvalue weighted by atomic mass is 16.1. The lowest BCUT2D eigenvalue weighted by Crippen LogP contribution is -1.89. The average molecular weight is 210 g/mol. The van der Waals surface area contributed by atoms with E-state index in [1.807, 2.05) is 41.9 Å². The Bertz CT molecular complexity index is 698. The molecule has 0 saturated carbocycles. The van der Waals surface area contributed by atoms with E-state index in [0.29, 0.717) is 5.56 Å². The number of aromatic nitrogens is 2. The third-order valence-electron chi connectivity index (χ3n) is 2.91. The minimum Gasteiger partial charge on any atom is -0.328 e. The van der Waals surface area contributed by atoms with Crippen LogP contribution in [0.1, 0.15) is 10.4 Å². The highest BCUT2D eigenvalue weighted by Crippen LogP contribution is 2.26. The fraction of sp³-hybridized carbons (Fsp3) is 0.0769. The predicted octanol–water partition coefficient (Wildman–Crippen LogP) is 2.54. The standard InChI is InChI=1S/C13H10N2O/c1-15-12-7-9(8-16)4-5-10(12)11-3-2-6-14-13(11)15/h2-8H,1H3. The number of benzene rings is 1. The lowest BCUT2D eigenvalue weighted by atomic mass is 10.1. The molecule has 0 radical (unpaired) electrons. The van der Waals surface area contributed by atoms with E-state index in [2.05, 4.69) is 4.98 Å². The van der Waals surface area contributed by atoms with Crippen LogP contribution in [0.5, 0.6) is 0 Å². The normalized spacial score (nSPS) is 11.1. The SMILES string of the molecule is Cn1c2cc(C=O)ccc2c2cccnc21. The Morgan fingerprint density at radius 3 is 2.94 bits per heavy atom. The summed E-state index contributed by atoms with van der Waals surface area (Å²) in [5.74, 6) is 0. The van der Waals surface area contributed by atoms with Gasteiger partial charge in [0.05, 0.1) is 5.52 Å². The molecule has 0 spiro atoms. The molecule has 0 aliphatic heterocycles. The molecule has 0 N–H and O–H groups in total. The van der Waals surface area contributed by atoms with Crippen LogP contribution in [0.3, 0.4) is 0 Å². The number of hydrogen-bond donors (Lipinski definition) is 0. The third-order valence-corrected chi connectivity index (χ3v) is 2.91. The van der Waals surface area contributed by atoms with Gasteiger partial charge in [0.25, 0.3) is 0 Å². The molecular formula is C13H10N2O. The van der Waals surface area contributed by atoms with E-state index in [9.17, 15) is 4.79 Å². The van der Waals surface area contributed by atoms with E-state index >= 15 is 0 Å². The highest BCUT2D eigenvalue weighted by molar-refractivity contribution is 6.07. The van der Waals surface area contributed by atoms with Gasteiger partial charge in [0, 0.05) is 29.6 Å². The van der Waals surface area contributed by atoms with Crippen molar-refractivity contribution in [3.05, 3.63) is 42.1 Å². The van der Waals surface area contributed by atoms with Gasteiger partial charge in [-0.1, -0.05) is 12.1 Å². The third kappa shape index (κ3) is 1.08. The average Bonchev–Trinajstić information content (AvgIpc) is 2.64. The van der Waals surface area contributed by atoms with Gasteiger partial charge in [-0.25, -0.2) is 4.98 Å². The van der Waals surface area contributed by atoms with E-state index in [4.69, 9.17) is 0 Å². The van der Waals surface area contributed by atoms with Crippen molar-refractivity contribution in [3.63, 3.8) is 0 Å². The molecule has 0 amide bonds. The Balaban J connectivity index is 2.55. The Kier molecular flexibility index (Phi) is 1.80. The predicted molar refractivity (Wildman–Crippen MR) is 63.6 cm³/mol. The summed E-state index contributed by atoms with van der Waals surface area (Å²) in [5.41, 5.74) is 2.68. The fourth-order valence-corrected chi connectivity index (χ4v) is 2.12. The quantitative estimate of drug-likeness (QED) is 0.578. The maximum absolute atomic E-state index is 10.8. The smallest absolute Gasteiger partial charge is 0.150 e. The topological polar surface area (TPSA) is 34.9 Å². The summed E-state index contributed by atoms with van der Waals surface area (Å²) in [6, 6.07) is 9.68. The number of aryl methyl sites for hydroxylation is 1. The second-order valence-electron chi connectivity index (χ2n) is 3.83. The minimum atomic E-state index is 0.693. The van der Waals surface area contributed by atoms with Crippen LogP contribution in [0.4, 0.5) is 0 Å². The van der Waals surface area contributed by atoms with Gasteiger partial charge in [-0.3, -0.25) is 4.79 Å². The van der Waals surface area contributed by atoms with Gasteiger partial charge in [0.2, 0.25) is 0 Å². The van der Waals surface area contributed by atoms with Gasteiger partial charge in [-0.05, 0) is 18.2 Å². The molecule has 78 valence electrons. The molecule has 0 fully saturated rings.